The van der Waals surface area contributed by atoms with Crippen molar-refractivity contribution < 1.29 is 9.53 Å². The molecule has 0 radical (unpaired) electrons. The Morgan fingerprint density at radius 2 is 1.90 bits per heavy atom. The predicted octanol–water partition coefficient (Wildman–Crippen LogP) is 1.49. The van der Waals surface area contributed by atoms with Gasteiger partial charge in [-0.1, -0.05) is 0 Å². The molecule has 0 aromatic heterocycles. The van der Waals surface area contributed by atoms with Crippen molar-refractivity contribution in [2.75, 3.05) is 26.7 Å². The van der Waals surface area contributed by atoms with Gasteiger partial charge in [-0.2, -0.15) is 0 Å². The second-order valence-electron chi connectivity index (χ2n) is 6.23. The smallest absolute Gasteiger partial charge is 0.237 e. The van der Waals surface area contributed by atoms with Crippen molar-refractivity contribution >= 4 is 18.3 Å². The molecule has 0 spiro atoms. The van der Waals surface area contributed by atoms with Crippen LogP contribution < -0.4 is 5.73 Å². The zero-order valence-corrected chi connectivity index (χ0v) is 14.9. The molecule has 6 heteroatoms. The molecule has 1 heterocycles. The van der Waals surface area contributed by atoms with Gasteiger partial charge < -0.3 is 15.4 Å². The molecule has 1 aliphatic heterocycles. The zero-order chi connectivity index (χ0) is 15.3. The Morgan fingerprint density at radius 3 is 2.33 bits per heavy atom. The number of carbonyl (C=O) groups excluding carboxylic acids is 1. The van der Waals surface area contributed by atoms with Crippen LogP contribution in [0.15, 0.2) is 0 Å². The maximum absolute atomic E-state index is 12.5. The van der Waals surface area contributed by atoms with E-state index in [1.54, 1.807) is 7.11 Å². The summed E-state index contributed by atoms with van der Waals surface area (Å²) >= 11 is 0. The summed E-state index contributed by atoms with van der Waals surface area (Å²) in [5.74, 6) is 0.198. The number of rotatable bonds is 6. The van der Waals surface area contributed by atoms with Gasteiger partial charge in [0.1, 0.15) is 0 Å². The molecule has 2 N–H and O–H groups in total. The van der Waals surface area contributed by atoms with Gasteiger partial charge in [0.2, 0.25) is 5.91 Å². The minimum Gasteiger partial charge on any atom is -0.381 e. The Labute approximate surface area is 135 Å². The second-order valence-corrected chi connectivity index (χ2v) is 6.23. The Hall–Kier alpha value is -0.360. The van der Waals surface area contributed by atoms with Crippen LogP contribution in [-0.2, 0) is 9.53 Å². The summed E-state index contributed by atoms with van der Waals surface area (Å²) in [6, 6.07) is 0.713. The van der Waals surface area contributed by atoms with Crippen LogP contribution in [0.5, 0.6) is 0 Å². The van der Waals surface area contributed by atoms with Crippen molar-refractivity contribution in [1.82, 2.24) is 9.80 Å². The van der Waals surface area contributed by atoms with Crippen LogP contribution >= 0.6 is 12.4 Å². The van der Waals surface area contributed by atoms with Crippen LogP contribution in [0.1, 0.15) is 40.5 Å². The van der Waals surface area contributed by atoms with E-state index in [0.717, 1.165) is 19.4 Å². The van der Waals surface area contributed by atoms with Gasteiger partial charge in [0.15, 0.2) is 0 Å². The van der Waals surface area contributed by atoms with Crippen LogP contribution in [0.3, 0.4) is 0 Å². The number of hydrogen-bond acceptors (Lipinski definition) is 4. The lowest BCUT2D eigenvalue weighted by atomic mass is 9.99. The standard InChI is InChI=1S/C15H31N3O2.ClH/c1-11(2)18(12(3)4)15(19)10-17-7-6-14(20-5)8-13(17)9-16;/h11-14H,6-10,16H2,1-5H3;1H. The van der Waals surface area contributed by atoms with E-state index in [9.17, 15) is 4.79 Å². The van der Waals surface area contributed by atoms with Gasteiger partial charge in [-0.05, 0) is 40.5 Å². The van der Waals surface area contributed by atoms with Gasteiger partial charge in [0.25, 0.3) is 0 Å². The molecule has 2 unspecified atom stereocenters. The first-order valence-electron chi connectivity index (χ1n) is 7.68. The van der Waals surface area contributed by atoms with Crippen LogP contribution in [0, 0.1) is 0 Å². The Balaban J connectivity index is 0.00000400. The summed E-state index contributed by atoms with van der Waals surface area (Å²) in [5, 5.41) is 0. The maximum atomic E-state index is 12.5. The lowest BCUT2D eigenvalue weighted by Gasteiger charge is -2.40. The summed E-state index contributed by atoms with van der Waals surface area (Å²) in [5.41, 5.74) is 5.86. The molecule has 1 rings (SSSR count). The number of ether oxygens (including phenoxy) is 1. The minimum atomic E-state index is 0. The molecular weight excluding hydrogens is 290 g/mol. The maximum Gasteiger partial charge on any atom is 0.237 e. The summed E-state index contributed by atoms with van der Waals surface area (Å²) in [6.07, 6.45) is 2.17. The van der Waals surface area contributed by atoms with Gasteiger partial charge in [-0.15, -0.1) is 12.4 Å². The van der Waals surface area contributed by atoms with E-state index in [4.69, 9.17) is 10.5 Å². The Bertz CT molecular complexity index is 305. The van der Waals surface area contributed by atoms with Gasteiger partial charge in [-0.3, -0.25) is 9.69 Å². The molecule has 0 saturated carbocycles. The fourth-order valence-electron chi connectivity index (χ4n) is 3.16. The number of nitrogens with zero attached hydrogens (tertiary/aromatic N) is 2. The highest BCUT2D eigenvalue weighted by Gasteiger charge is 2.30. The SMILES string of the molecule is COC1CCN(CC(=O)N(C(C)C)C(C)C)C(CN)C1.Cl. The lowest BCUT2D eigenvalue weighted by molar-refractivity contribution is -0.137. The van der Waals surface area contributed by atoms with E-state index in [1.807, 2.05) is 4.90 Å². The number of amides is 1. The van der Waals surface area contributed by atoms with Crippen molar-refractivity contribution in [3.63, 3.8) is 0 Å². The molecule has 0 aliphatic carbocycles. The average Bonchev–Trinajstić information content (AvgIpc) is 2.38. The summed E-state index contributed by atoms with van der Waals surface area (Å²) in [4.78, 5) is 16.7. The van der Waals surface area contributed by atoms with Gasteiger partial charge >= 0.3 is 0 Å². The summed E-state index contributed by atoms with van der Waals surface area (Å²) in [7, 11) is 1.75. The first kappa shape index (κ1) is 20.6. The third-order valence-electron chi connectivity index (χ3n) is 4.13. The van der Waals surface area contributed by atoms with E-state index < -0.39 is 0 Å². The van der Waals surface area contributed by atoms with E-state index in [-0.39, 0.29) is 42.5 Å². The Kier molecular flexibility index (Phi) is 9.45. The monoisotopic (exact) mass is 321 g/mol. The highest BCUT2D eigenvalue weighted by Crippen LogP contribution is 2.19. The molecular formula is C15H32ClN3O2. The quantitative estimate of drug-likeness (QED) is 0.805. The lowest BCUT2D eigenvalue weighted by Crippen LogP contribution is -2.54. The molecule has 126 valence electrons. The number of nitrogens with two attached hydrogens (primary N) is 1. The molecule has 1 amide bonds. The largest absolute Gasteiger partial charge is 0.381 e. The fourth-order valence-corrected chi connectivity index (χ4v) is 3.16. The number of halogens is 1. The van der Waals surface area contributed by atoms with Gasteiger partial charge in [0, 0.05) is 38.3 Å². The van der Waals surface area contributed by atoms with Crippen LogP contribution in [0.2, 0.25) is 0 Å². The highest BCUT2D eigenvalue weighted by atomic mass is 35.5. The zero-order valence-electron chi connectivity index (χ0n) is 14.0. The van der Waals surface area contributed by atoms with Gasteiger partial charge in [-0.25, -0.2) is 0 Å². The van der Waals surface area contributed by atoms with Crippen molar-refractivity contribution in [2.24, 2.45) is 5.73 Å². The molecule has 1 fully saturated rings. The highest BCUT2D eigenvalue weighted by molar-refractivity contribution is 5.85. The summed E-state index contributed by atoms with van der Waals surface area (Å²) < 4.78 is 5.42. The molecule has 21 heavy (non-hydrogen) atoms. The van der Waals surface area contributed by atoms with Crippen molar-refractivity contribution in [3.8, 4) is 0 Å². The number of likely N-dealkylation sites (tertiary alicyclic amines) is 1. The van der Waals surface area contributed by atoms with Crippen molar-refractivity contribution in [1.29, 1.82) is 0 Å². The molecule has 5 nitrogen and oxygen atoms in total. The molecule has 0 bridgehead atoms. The number of methoxy groups -OCH3 is 1. The van der Waals surface area contributed by atoms with Crippen molar-refractivity contribution in [3.05, 3.63) is 0 Å². The van der Waals surface area contributed by atoms with E-state index in [0.29, 0.717) is 13.1 Å². The normalized spacial score (nSPS) is 23.2. The molecule has 1 aliphatic rings. The molecule has 1 saturated heterocycles. The Morgan fingerprint density at radius 1 is 1.33 bits per heavy atom. The third-order valence-corrected chi connectivity index (χ3v) is 4.13. The van der Waals surface area contributed by atoms with Gasteiger partial charge in [0.05, 0.1) is 12.6 Å². The fraction of sp³-hybridized carbons (Fsp3) is 0.933. The van der Waals surface area contributed by atoms with E-state index in [2.05, 4.69) is 32.6 Å². The number of piperidine rings is 1. The van der Waals surface area contributed by atoms with E-state index in [1.165, 1.54) is 0 Å². The average molecular weight is 322 g/mol. The van der Waals surface area contributed by atoms with E-state index >= 15 is 0 Å². The predicted molar refractivity (Wildman–Crippen MR) is 88.8 cm³/mol. The minimum absolute atomic E-state index is 0. The first-order valence-corrected chi connectivity index (χ1v) is 7.68. The second kappa shape index (κ2) is 9.62. The first-order chi connectivity index (χ1) is 9.40. The third kappa shape index (κ3) is 5.74. The number of hydrogen-bond donors (Lipinski definition) is 1. The molecule has 2 atom stereocenters. The molecule has 0 aromatic rings. The van der Waals surface area contributed by atoms with Crippen LogP contribution in [0.4, 0.5) is 0 Å². The topological polar surface area (TPSA) is 58.8 Å². The van der Waals surface area contributed by atoms with Crippen LogP contribution in [-0.4, -0.2) is 66.7 Å². The summed E-state index contributed by atoms with van der Waals surface area (Å²) in [6.45, 7) is 10.2. The van der Waals surface area contributed by atoms with Crippen molar-refractivity contribution in [2.45, 2.75) is 64.8 Å². The van der Waals surface area contributed by atoms with Crippen LogP contribution in [0.25, 0.3) is 0 Å². The molecule has 0 aromatic carbocycles. The number of carbonyl (C=O) groups is 1.